The van der Waals surface area contributed by atoms with Gasteiger partial charge in [0.2, 0.25) is 0 Å². The number of aryl methyl sites for hydroxylation is 1. The molecule has 0 saturated carbocycles. The van der Waals surface area contributed by atoms with E-state index in [0.29, 0.717) is 30.5 Å². The second-order valence-corrected chi connectivity index (χ2v) is 5.29. The van der Waals surface area contributed by atoms with E-state index in [9.17, 15) is 4.79 Å². The predicted octanol–water partition coefficient (Wildman–Crippen LogP) is 2.50. The van der Waals surface area contributed by atoms with Crippen molar-refractivity contribution in [3.63, 3.8) is 0 Å². The van der Waals surface area contributed by atoms with Crippen LogP contribution in [-0.2, 0) is 0 Å². The number of hydrazone groups is 1. The molecule has 8 heteroatoms. The van der Waals surface area contributed by atoms with E-state index in [-0.39, 0.29) is 0 Å². The van der Waals surface area contributed by atoms with Crippen molar-refractivity contribution >= 4 is 12.0 Å². The Balaban J connectivity index is 2.09. The molecule has 0 aliphatic carbocycles. The van der Waals surface area contributed by atoms with Crippen LogP contribution in [0.1, 0.15) is 37.9 Å². The third kappa shape index (κ3) is 5.59. The maximum atomic E-state index is 11.2. The first-order chi connectivity index (χ1) is 12.1. The molecule has 0 aliphatic heterocycles. The molecule has 1 heterocycles. The quantitative estimate of drug-likeness (QED) is 0.411. The van der Waals surface area contributed by atoms with Crippen LogP contribution in [-0.4, -0.2) is 34.6 Å². The maximum Gasteiger partial charge on any atom is 0.363 e. The fraction of sp³-hybridized carbons (Fsp3) is 0.412. The van der Waals surface area contributed by atoms with Crippen LogP contribution < -0.4 is 20.6 Å². The molecular weight excluding hydrogens is 322 g/mol. The highest BCUT2D eigenvalue weighted by Gasteiger charge is 2.06. The maximum absolute atomic E-state index is 11.2. The molecule has 0 aliphatic rings. The van der Waals surface area contributed by atoms with Gasteiger partial charge in [-0.1, -0.05) is 13.3 Å². The lowest BCUT2D eigenvalue weighted by atomic mass is 10.2. The average molecular weight is 345 g/mol. The van der Waals surface area contributed by atoms with E-state index in [1.165, 1.54) is 0 Å². The van der Waals surface area contributed by atoms with Crippen molar-refractivity contribution in [1.82, 2.24) is 15.2 Å². The van der Waals surface area contributed by atoms with Crippen molar-refractivity contribution in [2.75, 3.05) is 18.6 Å². The Bertz CT molecular complexity index is 773. The number of ether oxygens (including phenoxy) is 2. The number of unbranched alkanes of at least 4 members (excludes halogenated alkanes) is 1. The Morgan fingerprint density at radius 3 is 2.88 bits per heavy atom. The van der Waals surface area contributed by atoms with Crippen molar-refractivity contribution in [1.29, 1.82) is 0 Å². The van der Waals surface area contributed by atoms with E-state index < -0.39 is 5.69 Å². The lowest BCUT2D eigenvalue weighted by molar-refractivity contribution is 0.272. The first-order valence-electron chi connectivity index (χ1n) is 8.26. The Kier molecular flexibility index (Phi) is 6.94. The molecule has 1 aromatic carbocycles. The summed E-state index contributed by atoms with van der Waals surface area (Å²) >= 11 is 0. The third-order valence-corrected chi connectivity index (χ3v) is 3.28. The SMILES string of the molecule is CCCCOc1ccc(/C=N/Nc2nc(=O)[nH]nc2C)cc1OCC. The van der Waals surface area contributed by atoms with Gasteiger partial charge in [0.1, 0.15) is 5.69 Å². The number of aromatic nitrogens is 3. The van der Waals surface area contributed by atoms with Gasteiger partial charge in [0.05, 0.1) is 19.4 Å². The summed E-state index contributed by atoms with van der Waals surface area (Å²) in [7, 11) is 0. The predicted molar refractivity (Wildman–Crippen MR) is 96.6 cm³/mol. The highest BCUT2D eigenvalue weighted by molar-refractivity contribution is 5.81. The molecule has 0 amide bonds. The van der Waals surface area contributed by atoms with Gasteiger partial charge in [-0.3, -0.25) is 5.43 Å². The molecule has 0 bridgehead atoms. The lowest BCUT2D eigenvalue weighted by Crippen LogP contribution is -2.15. The highest BCUT2D eigenvalue weighted by Crippen LogP contribution is 2.28. The molecule has 0 saturated heterocycles. The zero-order valence-electron chi connectivity index (χ0n) is 14.7. The molecular formula is C17H23N5O3. The van der Waals surface area contributed by atoms with Crippen LogP contribution in [0.2, 0.25) is 0 Å². The smallest absolute Gasteiger partial charge is 0.363 e. The summed E-state index contributed by atoms with van der Waals surface area (Å²) < 4.78 is 11.4. The van der Waals surface area contributed by atoms with Gasteiger partial charge < -0.3 is 9.47 Å². The summed E-state index contributed by atoms with van der Waals surface area (Å²) in [4.78, 5) is 14.9. The van der Waals surface area contributed by atoms with Gasteiger partial charge in [-0.25, -0.2) is 9.89 Å². The number of aromatic amines is 1. The van der Waals surface area contributed by atoms with E-state index in [4.69, 9.17) is 9.47 Å². The Morgan fingerprint density at radius 2 is 2.12 bits per heavy atom. The number of hydrogen-bond donors (Lipinski definition) is 2. The molecule has 8 nitrogen and oxygen atoms in total. The van der Waals surface area contributed by atoms with Crippen LogP contribution in [0.5, 0.6) is 11.5 Å². The van der Waals surface area contributed by atoms with E-state index in [1.54, 1.807) is 13.1 Å². The average Bonchev–Trinajstić information content (AvgIpc) is 2.60. The Hall–Kier alpha value is -2.90. The van der Waals surface area contributed by atoms with Gasteiger partial charge in [-0.2, -0.15) is 15.2 Å². The van der Waals surface area contributed by atoms with Crippen LogP contribution in [0, 0.1) is 6.92 Å². The van der Waals surface area contributed by atoms with E-state index in [0.717, 1.165) is 24.2 Å². The van der Waals surface area contributed by atoms with Crippen molar-refractivity contribution in [3.8, 4) is 11.5 Å². The van der Waals surface area contributed by atoms with Crippen LogP contribution in [0.4, 0.5) is 5.82 Å². The number of nitrogens with zero attached hydrogens (tertiary/aromatic N) is 3. The third-order valence-electron chi connectivity index (χ3n) is 3.28. The first-order valence-corrected chi connectivity index (χ1v) is 8.26. The lowest BCUT2D eigenvalue weighted by Gasteiger charge is -2.12. The monoisotopic (exact) mass is 345 g/mol. The van der Waals surface area contributed by atoms with Crippen molar-refractivity contribution < 1.29 is 9.47 Å². The molecule has 25 heavy (non-hydrogen) atoms. The summed E-state index contributed by atoms with van der Waals surface area (Å²) in [6, 6.07) is 5.60. The molecule has 2 rings (SSSR count). The van der Waals surface area contributed by atoms with E-state index in [1.807, 2.05) is 25.1 Å². The number of nitrogens with one attached hydrogen (secondary N) is 2. The second-order valence-electron chi connectivity index (χ2n) is 5.29. The number of benzene rings is 1. The normalized spacial score (nSPS) is 10.8. The van der Waals surface area contributed by atoms with Crippen molar-refractivity contribution in [2.24, 2.45) is 5.10 Å². The summed E-state index contributed by atoms with van der Waals surface area (Å²) in [6.45, 7) is 6.96. The fourth-order valence-electron chi connectivity index (χ4n) is 1.98. The number of rotatable bonds is 9. The fourth-order valence-corrected chi connectivity index (χ4v) is 1.98. The molecule has 0 unspecified atom stereocenters. The number of H-pyrrole nitrogens is 1. The minimum atomic E-state index is -0.532. The molecule has 0 radical (unpaired) electrons. The number of anilines is 1. The minimum Gasteiger partial charge on any atom is -0.490 e. The topological polar surface area (TPSA) is 101 Å². The van der Waals surface area contributed by atoms with Gasteiger partial charge in [0.15, 0.2) is 17.3 Å². The van der Waals surface area contributed by atoms with E-state index >= 15 is 0 Å². The molecule has 2 N–H and O–H groups in total. The van der Waals surface area contributed by atoms with Crippen LogP contribution >= 0.6 is 0 Å². The van der Waals surface area contributed by atoms with Crippen LogP contribution in [0.25, 0.3) is 0 Å². The zero-order chi connectivity index (χ0) is 18.1. The largest absolute Gasteiger partial charge is 0.490 e. The molecule has 134 valence electrons. The summed E-state index contributed by atoms with van der Waals surface area (Å²) in [5.74, 6) is 1.70. The van der Waals surface area contributed by atoms with Gasteiger partial charge in [0, 0.05) is 0 Å². The standard InChI is InChI=1S/C17H23N5O3/c1-4-6-9-25-14-8-7-13(10-15(14)24-5-2)11-18-21-16-12(3)20-22-17(23)19-16/h7-8,10-11H,4-6,9H2,1-3H3,(H2,19,21,22,23)/b18-11+. The molecule has 1 aromatic heterocycles. The molecule has 0 spiro atoms. The minimum absolute atomic E-state index is 0.310. The zero-order valence-corrected chi connectivity index (χ0v) is 14.7. The molecule has 0 fully saturated rings. The summed E-state index contributed by atoms with van der Waals surface area (Å²) in [6.07, 6.45) is 3.68. The van der Waals surface area contributed by atoms with Gasteiger partial charge in [-0.05, 0) is 44.0 Å². The summed E-state index contributed by atoms with van der Waals surface area (Å²) in [5.41, 5.74) is 3.56. The number of hydrogen-bond acceptors (Lipinski definition) is 7. The second kappa shape index (κ2) is 9.41. The van der Waals surface area contributed by atoms with Gasteiger partial charge in [0.25, 0.3) is 0 Å². The molecule has 0 atom stereocenters. The van der Waals surface area contributed by atoms with Gasteiger partial charge in [-0.15, -0.1) is 0 Å². The first kappa shape index (κ1) is 18.4. The highest BCUT2D eigenvalue weighted by atomic mass is 16.5. The Morgan fingerprint density at radius 1 is 1.28 bits per heavy atom. The van der Waals surface area contributed by atoms with E-state index in [2.05, 4.69) is 32.6 Å². The summed E-state index contributed by atoms with van der Waals surface area (Å²) in [5, 5.41) is 10.2. The van der Waals surface area contributed by atoms with Crippen LogP contribution in [0.15, 0.2) is 28.1 Å². The van der Waals surface area contributed by atoms with Crippen molar-refractivity contribution in [2.45, 2.75) is 33.6 Å². The van der Waals surface area contributed by atoms with Crippen molar-refractivity contribution in [3.05, 3.63) is 39.9 Å². The Labute approximate surface area is 146 Å². The van der Waals surface area contributed by atoms with Gasteiger partial charge >= 0.3 is 5.69 Å². The van der Waals surface area contributed by atoms with Crippen LogP contribution in [0.3, 0.4) is 0 Å². The molecule has 2 aromatic rings.